The first-order valence-corrected chi connectivity index (χ1v) is 6.03. The molecule has 0 bridgehead atoms. The molecule has 1 aromatic rings. The maximum Gasteiger partial charge on any atom is 0.331 e. The molecular weight excluding hydrogens is 278 g/mol. The number of carbonyl (C=O) groups is 3. The first kappa shape index (κ1) is 16.4. The third-order valence-electron chi connectivity index (χ3n) is 2.17. The number of rotatable bonds is 4. The Morgan fingerprint density at radius 1 is 0.905 bits per heavy atom. The lowest BCUT2D eigenvalue weighted by Gasteiger charge is -2.10. The van der Waals surface area contributed by atoms with Gasteiger partial charge in [-0.2, -0.15) is 0 Å². The van der Waals surface area contributed by atoms with E-state index in [-0.39, 0.29) is 11.5 Å². The molecule has 0 N–H and O–H groups in total. The first-order chi connectivity index (χ1) is 9.79. The van der Waals surface area contributed by atoms with Crippen molar-refractivity contribution in [2.24, 2.45) is 5.16 Å². The zero-order valence-electron chi connectivity index (χ0n) is 12.1. The number of ether oxygens (including phenoxy) is 2. The Balaban J connectivity index is 3.17. The number of carbonyl (C=O) groups excluding carboxylic acids is 3. The summed E-state index contributed by atoms with van der Waals surface area (Å²) in [6.45, 7) is 5.29. The molecule has 0 aromatic heterocycles. The maximum absolute atomic E-state index is 11.1. The molecule has 0 atom stereocenters. The summed E-state index contributed by atoms with van der Waals surface area (Å²) in [6, 6.07) is 4.43. The number of hydrogen-bond donors (Lipinski definition) is 0. The highest BCUT2D eigenvalue weighted by molar-refractivity contribution is 6.01. The van der Waals surface area contributed by atoms with Gasteiger partial charge in [-0.25, -0.2) is 4.79 Å². The highest BCUT2D eigenvalue weighted by Gasteiger charge is 2.13. The molecule has 1 aromatic carbocycles. The van der Waals surface area contributed by atoms with E-state index in [9.17, 15) is 14.4 Å². The molecule has 0 spiro atoms. The van der Waals surface area contributed by atoms with Gasteiger partial charge in [0.25, 0.3) is 0 Å². The third kappa shape index (κ3) is 5.43. The van der Waals surface area contributed by atoms with Gasteiger partial charge in [0, 0.05) is 32.4 Å². The Bertz CT molecular complexity index is 605. The van der Waals surface area contributed by atoms with E-state index >= 15 is 0 Å². The summed E-state index contributed by atoms with van der Waals surface area (Å²) in [5, 5.41) is 3.62. The minimum atomic E-state index is -0.570. The predicted molar refractivity (Wildman–Crippen MR) is 73.0 cm³/mol. The Morgan fingerprint density at radius 2 is 1.52 bits per heavy atom. The van der Waals surface area contributed by atoms with Gasteiger partial charge in [-0.15, -0.1) is 0 Å². The second-order valence-corrected chi connectivity index (χ2v) is 4.10. The van der Waals surface area contributed by atoms with Crippen molar-refractivity contribution in [1.29, 1.82) is 0 Å². The standard InChI is InChI=1S/C14H15NO6/c1-8(15-21-11(4)18)13-6-5-12(19-9(2)16)7-14(13)20-10(3)17/h5-7H,1-4H3. The summed E-state index contributed by atoms with van der Waals surface area (Å²) in [6.07, 6.45) is 0. The van der Waals surface area contributed by atoms with E-state index in [4.69, 9.17) is 9.47 Å². The average Bonchev–Trinajstić information content (AvgIpc) is 2.34. The normalized spacial score (nSPS) is 10.8. The Hall–Kier alpha value is -2.70. The van der Waals surface area contributed by atoms with Crippen LogP contribution in [0.5, 0.6) is 11.5 Å². The molecule has 0 heterocycles. The van der Waals surface area contributed by atoms with Crippen LogP contribution in [0.1, 0.15) is 33.3 Å². The van der Waals surface area contributed by atoms with Crippen LogP contribution in [-0.2, 0) is 19.2 Å². The van der Waals surface area contributed by atoms with Crippen molar-refractivity contribution < 1.29 is 28.7 Å². The van der Waals surface area contributed by atoms with Crippen molar-refractivity contribution in [3.8, 4) is 11.5 Å². The molecule has 0 unspecified atom stereocenters. The van der Waals surface area contributed by atoms with Crippen LogP contribution in [0.3, 0.4) is 0 Å². The summed E-state index contributed by atoms with van der Waals surface area (Å²) in [7, 11) is 0. The van der Waals surface area contributed by atoms with Crippen molar-refractivity contribution in [1.82, 2.24) is 0 Å². The minimum absolute atomic E-state index is 0.148. The predicted octanol–water partition coefficient (Wildman–Crippen LogP) is 1.82. The van der Waals surface area contributed by atoms with E-state index in [0.29, 0.717) is 11.3 Å². The molecule has 0 fully saturated rings. The van der Waals surface area contributed by atoms with E-state index in [0.717, 1.165) is 0 Å². The first-order valence-electron chi connectivity index (χ1n) is 6.03. The van der Waals surface area contributed by atoms with Crippen molar-refractivity contribution in [3.63, 3.8) is 0 Å². The summed E-state index contributed by atoms with van der Waals surface area (Å²) in [4.78, 5) is 37.3. The van der Waals surface area contributed by atoms with Gasteiger partial charge in [0.05, 0.1) is 5.71 Å². The van der Waals surface area contributed by atoms with Crippen molar-refractivity contribution >= 4 is 23.6 Å². The van der Waals surface area contributed by atoms with Crippen LogP contribution < -0.4 is 9.47 Å². The van der Waals surface area contributed by atoms with E-state index in [1.165, 1.54) is 32.9 Å². The molecule has 0 saturated heterocycles. The highest BCUT2D eigenvalue weighted by Crippen LogP contribution is 2.26. The van der Waals surface area contributed by atoms with Gasteiger partial charge in [-0.05, 0) is 19.1 Å². The molecular formula is C14H15NO6. The minimum Gasteiger partial charge on any atom is -0.427 e. The van der Waals surface area contributed by atoms with E-state index in [1.54, 1.807) is 13.0 Å². The lowest BCUT2D eigenvalue weighted by atomic mass is 10.1. The van der Waals surface area contributed by atoms with Crippen molar-refractivity contribution in [3.05, 3.63) is 23.8 Å². The number of hydrogen-bond acceptors (Lipinski definition) is 7. The number of esters is 2. The monoisotopic (exact) mass is 293 g/mol. The van der Waals surface area contributed by atoms with Crippen LogP contribution in [0.15, 0.2) is 23.4 Å². The highest BCUT2D eigenvalue weighted by atomic mass is 16.7. The van der Waals surface area contributed by atoms with Crippen LogP contribution in [0, 0.1) is 0 Å². The molecule has 21 heavy (non-hydrogen) atoms. The topological polar surface area (TPSA) is 91.3 Å². The zero-order valence-corrected chi connectivity index (χ0v) is 12.1. The zero-order chi connectivity index (χ0) is 16.0. The van der Waals surface area contributed by atoms with Gasteiger partial charge in [0.15, 0.2) is 0 Å². The smallest absolute Gasteiger partial charge is 0.331 e. The molecule has 0 amide bonds. The average molecular weight is 293 g/mol. The Morgan fingerprint density at radius 3 is 2.05 bits per heavy atom. The molecule has 0 saturated carbocycles. The largest absolute Gasteiger partial charge is 0.427 e. The van der Waals surface area contributed by atoms with E-state index in [2.05, 4.69) is 9.99 Å². The second kappa shape index (κ2) is 7.18. The lowest BCUT2D eigenvalue weighted by molar-refractivity contribution is -0.141. The number of nitrogens with zero attached hydrogens (tertiary/aromatic N) is 1. The molecule has 7 nitrogen and oxygen atoms in total. The second-order valence-electron chi connectivity index (χ2n) is 4.10. The maximum atomic E-state index is 11.1. The van der Waals surface area contributed by atoms with Crippen LogP contribution >= 0.6 is 0 Å². The molecule has 0 aliphatic rings. The Labute approximate surface area is 121 Å². The van der Waals surface area contributed by atoms with Gasteiger partial charge in [0.1, 0.15) is 11.5 Å². The van der Waals surface area contributed by atoms with Gasteiger partial charge >= 0.3 is 17.9 Å². The SMILES string of the molecule is CC(=O)ON=C(C)c1ccc(OC(C)=O)cc1OC(C)=O. The molecule has 0 aliphatic carbocycles. The fourth-order valence-corrected chi connectivity index (χ4v) is 1.45. The molecule has 0 aliphatic heterocycles. The summed E-state index contributed by atoms with van der Waals surface area (Å²) in [5.41, 5.74) is 0.762. The lowest BCUT2D eigenvalue weighted by Crippen LogP contribution is -2.09. The fraction of sp³-hybridized carbons (Fsp3) is 0.286. The Kier molecular flexibility index (Phi) is 5.59. The van der Waals surface area contributed by atoms with Crippen LogP contribution in [0.4, 0.5) is 0 Å². The third-order valence-corrected chi connectivity index (χ3v) is 2.17. The van der Waals surface area contributed by atoms with Crippen LogP contribution in [0.25, 0.3) is 0 Å². The molecule has 7 heteroatoms. The number of benzene rings is 1. The van der Waals surface area contributed by atoms with E-state index < -0.39 is 17.9 Å². The number of oxime groups is 1. The van der Waals surface area contributed by atoms with Gasteiger partial charge in [-0.3, -0.25) is 9.59 Å². The van der Waals surface area contributed by atoms with Gasteiger partial charge in [-0.1, -0.05) is 5.16 Å². The van der Waals surface area contributed by atoms with E-state index in [1.807, 2.05) is 0 Å². The van der Waals surface area contributed by atoms with Gasteiger partial charge in [0.2, 0.25) is 0 Å². The van der Waals surface area contributed by atoms with Crippen molar-refractivity contribution in [2.75, 3.05) is 0 Å². The molecule has 0 radical (unpaired) electrons. The fourth-order valence-electron chi connectivity index (χ4n) is 1.45. The summed E-state index contributed by atoms with van der Waals surface area (Å²) < 4.78 is 9.96. The molecule has 1 rings (SSSR count). The van der Waals surface area contributed by atoms with Crippen molar-refractivity contribution in [2.45, 2.75) is 27.7 Å². The molecule has 112 valence electrons. The summed E-state index contributed by atoms with van der Waals surface area (Å²) >= 11 is 0. The van der Waals surface area contributed by atoms with Crippen LogP contribution in [-0.4, -0.2) is 23.6 Å². The summed E-state index contributed by atoms with van der Waals surface area (Å²) in [5.74, 6) is -1.24. The quantitative estimate of drug-likeness (QED) is 0.276. The van der Waals surface area contributed by atoms with Gasteiger partial charge < -0.3 is 14.3 Å². The van der Waals surface area contributed by atoms with Crippen LogP contribution in [0.2, 0.25) is 0 Å².